The maximum atomic E-state index is 12.1. The molecule has 35 heavy (non-hydrogen) atoms. The van der Waals surface area contributed by atoms with Crippen LogP contribution in [0.4, 0.5) is 0 Å². The number of unbranched alkanes of at least 4 members (excludes halogenated alkanes) is 7. The molecule has 0 bridgehead atoms. The summed E-state index contributed by atoms with van der Waals surface area (Å²) >= 11 is 0. The predicted octanol–water partition coefficient (Wildman–Crippen LogP) is 4.11. The van der Waals surface area contributed by atoms with Crippen molar-refractivity contribution in [2.75, 3.05) is 39.9 Å². The lowest BCUT2D eigenvalue weighted by molar-refractivity contribution is -0.276. The van der Waals surface area contributed by atoms with E-state index in [4.69, 9.17) is 9.47 Å². The van der Waals surface area contributed by atoms with E-state index in [9.17, 15) is 14.4 Å². The fourth-order valence-corrected chi connectivity index (χ4v) is 3.48. The van der Waals surface area contributed by atoms with E-state index in [1.807, 2.05) is 34.7 Å². The van der Waals surface area contributed by atoms with Crippen molar-refractivity contribution in [3.63, 3.8) is 0 Å². The molecule has 0 aromatic rings. The van der Waals surface area contributed by atoms with Gasteiger partial charge in [0, 0.05) is 44.3 Å². The fourth-order valence-electron chi connectivity index (χ4n) is 3.48. The molecule has 0 fully saturated rings. The average Bonchev–Trinajstić information content (AvgIpc) is 2.78. The van der Waals surface area contributed by atoms with Crippen LogP contribution in [-0.4, -0.2) is 63.3 Å². The number of amides is 2. The van der Waals surface area contributed by atoms with E-state index in [2.05, 4.69) is 16.0 Å². The van der Waals surface area contributed by atoms with Gasteiger partial charge in [0.1, 0.15) is 5.78 Å². The van der Waals surface area contributed by atoms with Crippen LogP contribution in [0.5, 0.6) is 0 Å². The van der Waals surface area contributed by atoms with Gasteiger partial charge in [0.05, 0.1) is 13.2 Å². The first-order valence-corrected chi connectivity index (χ1v) is 13.5. The van der Waals surface area contributed by atoms with Crippen LogP contribution in [0.15, 0.2) is 0 Å². The highest BCUT2D eigenvalue weighted by molar-refractivity contribution is 5.76. The summed E-state index contributed by atoms with van der Waals surface area (Å²) < 4.78 is 12.1. The van der Waals surface area contributed by atoms with Gasteiger partial charge in [0.15, 0.2) is 5.79 Å². The van der Waals surface area contributed by atoms with Gasteiger partial charge in [-0.05, 0) is 33.7 Å². The van der Waals surface area contributed by atoms with Gasteiger partial charge in [0.2, 0.25) is 11.8 Å². The van der Waals surface area contributed by atoms with E-state index >= 15 is 0 Å². The van der Waals surface area contributed by atoms with E-state index < -0.39 is 5.79 Å². The Labute approximate surface area is 214 Å². The molecule has 0 aliphatic rings. The molecule has 0 aromatic carbocycles. The highest BCUT2D eigenvalue weighted by Gasteiger charge is 2.39. The lowest BCUT2D eigenvalue weighted by Gasteiger charge is -2.41. The van der Waals surface area contributed by atoms with Crippen LogP contribution < -0.4 is 16.0 Å². The largest absolute Gasteiger partial charge is 0.354 e. The normalized spacial score (nSPS) is 13.3. The van der Waals surface area contributed by atoms with Crippen molar-refractivity contribution < 1.29 is 23.9 Å². The zero-order valence-electron chi connectivity index (χ0n) is 23.4. The van der Waals surface area contributed by atoms with Crippen molar-refractivity contribution in [3.8, 4) is 0 Å². The maximum absolute atomic E-state index is 12.1. The number of hydrogen-bond donors (Lipinski definition) is 3. The summed E-state index contributed by atoms with van der Waals surface area (Å²) in [5.74, 6) is -0.505. The number of ketones is 1. The summed E-state index contributed by atoms with van der Waals surface area (Å²) in [7, 11) is 1.82. The van der Waals surface area contributed by atoms with E-state index in [0.717, 1.165) is 32.1 Å². The average molecular weight is 500 g/mol. The van der Waals surface area contributed by atoms with Gasteiger partial charge in [-0.25, -0.2) is 0 Å². The second-order valence-corrected chi connectivity index (χ2v) is 10.5. The summed E-state index contributed by atoms with van der Waals surface area (Å²) in [6.45, 7) is 11.9. The Bertz CT molecular complexity index is 592. The van der Waals surface area contributed by atoms with Gasteiger partial charge in [-0.3, -0.25) is 9.59 Å². The molecule has 206 valence electrons. The van der Waals surface area contributed by atoms with Crippen LogP contribution in [0.1, 0.15) is 105 Å². The first-order valence-electron chi connectivity index (χ1n) is 13.5. The summed E-state index contributed by atoms with van der Waals surface area (Å²) in [4.78, 5) is 34.7. The van der Waals surface area contributed by atoms with Crippen LogP contribution in [0.3, 0.4) is 0 Å². The van der Waals surface area contributed by atoms with Gasteiger partial charge < -0.3 is 30.2 Å². The number of Topliss-reactive ketones (excluding diaryl/α,β-unsaturated/α-hetero) is 1. The number of hydrogen-bond acceptors (Lipinski definition) is 6. The molecule has 1 unspecified atom stereocenters. The smallest absolute Gasteiger partial charge is 0.221 e. The van der Waals surface area contributed by atoms with E-state index in [-0.39, 0.29) is 23.0 Å². The Hall–Kier alpha value is -1.51. The standard InChI is InChI=1S/C27H53N3O5/c1-23(31)15-13-11-9-7-8-10-12-14-16-24(32)29-19-21-34-27(5,26(2,3)4)35-22-20-30-25(33)17-18-28-6/h28H,7-22H2,1-6H3,(H,29,32)(H,30,33). The molecule has 1 atom stereocenters. The van der Waals surface area contributed by atoms with Crippen LogP contribution in [-0.2, 0) is 23.9 Å². The fraction of sp³-hybridized carbons (Fsp3) is 0.889. The molecule has 0 aromatic heterocycles. The minimum absolute atomic E-state index is 0.00908. The van der Waals surface area contributed by atoms with E-state index in [1.165, 1.54) is 19.3 Å². The molecular formula is C27H53N3O5. The Morgan fingerprint density at radius 1 is 0.629 bits per heavy atom. The van der Waals surface area contributed by atoms with E-state index in [0.29, 0.717) is 52.1 Å². The summed E-state index contributed by atoms with van der Waals surface area (Å²) in [5, 5.41) is 8.73. The molecule has 0 rings (SSSR count). The summed E-state index contributed by atoms with van der Waals surface area (Å²) in [5.41, 5.74) is -0.277. The van der Waals surface area contributed by atoms with Gasteiger partial charge >= 0.3 is 0 Å². The highest BCUT2D eigenvalue weighted by atomic mass is 16.7. The van der Waals surface area contributed by atoms with Crippen molar-refractivity contribution in [3.05, 3.63) is 0 Å². The quantitative estimate of drug-likeness (QED) is 0.153. The number of ether oxygens (including phenoxy) is 2. The second-order valence-electron chi connectivity index (χ2n) is 10.5. The first kappa shape index (κ1) is 33.5. The summed E-state index contributed by atoms with van der Waals surface area (Å²) in [6, 6.07) is 0. The number of nitrogens with one attached hydrogen (secondary N) is 3. The van der Waals surface area contributed by atoms with Crippen LogP contribution in [0.2, 0.25) is 0 Å². The van der Waals surface area contributed by atoms with Crippen molar-refractivity contribution >= 4 is 17.6 Å². The van der Waals surface area contributed by atoms with Crippen LogP contribution in [0, 0.1) is 5.41 Å². The first-order chi connectivity index (χ1) is 16.5. The Morgan fingerprint density at radius 3 is 1.49 bits per heavy atom. The Morgan fingerprint density at radius 2 is 1.06 bits per heavy atom. The Kier molecular flexibility index (Phi) is 18.8. The molecule has 0 radical (unpaired) electrons. The second kappa shape index (κ2) is 19.7. The monoisotopic (exact) mass is 499 g/mol. The van der Waals surface area contributed by atoms with Crippen molar-refractivity contribution in [1.82, 2.24) is 16.0 Å². The van der Waals surface area contributed by atoms with Crippen LogP contribution >= 0.6 is 0 Å². The maximum Gasteiger partial charge on any atom is 0.221 e. The molecule has 0 aliphatic heterocycles. The third kappa shape index (κ3) is 18.4. The van der Waals surface area contributed by atoms with Crippen molar-refractivity contribution in [2.24, 2.45) is 5.41 Å². The molecule has 8 nitrogen and oxygen atoms in total. The van der Waals surface area contributed by atoms with E-state index in [1.54, 1.807) is 6.92 Å². The molecule has 2 amide bonds. The lowest BCUT2D eigenvalue weighted by Crippen LogP contribution is -2.47. The van der Waals surface area contributed by atoms with Gasteiger partial charge in [-0.15, -0.1) is 0 Å². The zero-order chi connectivity index (χ0) is 26.6. The molecule has 0 spiro atoms. The van der Waals surface area contributed by atoms with Crippen molar-refractivity contribution in [2.45, 2.75) is 111 Å². The number of carbonyl (C=O) groups excluding carboxylic acids is 3. The van der Waals surface area contributed by atoms with Gasteiger partial charge in [0.25, 0.3) is 0 Å². The molecule has 8 heteroatoms. The zero-order valence-corrected chi connectivity index (χ0v) is 23.4. The van der Waals surface area contributed by atoms with Crippen LogP contribution in [0.25, 0.3) is 0 Å². The highest BCUT2D eigenvalue weighted by Crippen LogP contribution is 2.34. The molecule has 0 saturated heterocycles. The number of rotatable bonds is 22. The molecule has 3 N–H and O–H groups in total. The lowest BCUT2D eigenvalue weighted by atomic mass is 9.86. The molecule has 0 heterocycles. The van der Waals surface area contributed by atoms with Gasteiger partial charge in [-0.1, -0.05) is 59.3 Å². The SMILES string of the molecule is CNCCC(=O)NCCOC(C)(OCCNC(=O)CCCCCCCCCCC(C)=O)C(C)(C)C. The molecule has 0 saturated carbocycles. The molecule has 0 aliphatic carbocycles. The van der Waals surface area contributed by atoms with Crippen molar-refractivity contribution in [1.29, 1.82) is 0 Å². The van der Waals surface area contributed by atoms with Gasteiger partial charge in [-0.2, -0.15) is 0 Å². The number of carbonyl (C=O) groups is 3. The topological polar surface area (TPSA) is 106 Å². The minimum atomic E-state index is -0.834. The summed E-state index contributed by atoms with van der Waals surface area (Å²) in [6.07, 6.45) is 10.5. The third-order valence-electron chi connectivity index (χ3n) is 6.25. The predicted molar refractivity (Wildman–Crippen MR) is 141 cm³/mol. The third-order valence-corrected chi connectivity index (χ3v) is 6.25. The molecular weight excluding hydrogens is 446 g/mol. The Balaban J connectivity index is 3.94. The minimum Gasteiger partial charge on any atom is -0.354 e.